The Hall–Kier alpha value is -1.66. The maximum atomic E-state index is 12.0. The van der Waals surface area contributed by atoms with Crippen molar-refractivity contribution in [3.63, 3.8) is 0 Å². The van der Waals surface area contributed by atoms with Crippen LogP contribution in [0.4, 0.5) is 0 Å². The van der Waals surface area contributed by atoms with E-state index in [-0.39, 0.29) is 10.9 Å². The lowest BCUT2D eigenvalue weighted by Crippen LogP contribution is -2.25. The monoisotopic (exact) mass is 278 g/mol. The second kappa shape index (κ2) is 4.47. The van der Waals surface area contributed by atoms with E-state index in [0.29, 0.717) is 11.7 Å². The van der Waals surface area contributed by atoms with Gasteiger partial charge < -0.3 is 4.42 Å². The molecule has 0 unspecified atom stereocenters. The van der Waals surface area contributed by atoms with Crippen molar-refractivity contribution in [2.45, 2.75) is 30.7 Å². The summed E-state index contributed by atoms with van der Waals surface area (Å²) in [5.74, 6) is 1.22. The molecular formula is C13H14N2O3S. The van der Waals surface area contributed by atoms with Crippen LogP contribution in [0.15, 0.2) is 39.8 Å². The number of hydrogen-bond donors (Lipinski definition) is 1. The number of benzene rings is 1. The zero-order valence-corrected chi connectivity index (χ0v) is 11.3. The first-order valence-electron chi connectivity index (χ1n) is 6.10. The van der Waals surface area contributed by atoms with E-state index in [1.807, 2.05) is 0 Å². The zero-order chi connectivity index (χ0) is 13.5. The number of oxazole rings is 1. The van der Waals surface area contributed by atoms with E-state index in [4.69, 9.17) is 4.42 Å². The third-order valence-corrected chi connectivity index (χ3v) is 4.51. The molecule has 19 heavy (non-hydrogen) atoms. The molecule has 0 spiro atoms. The van der Waals surface area contributed by atoms with Crippen molar-refractivity contribution in [1.29, 1.82) is 0 Å². The molecule has 1 saturated carbocycles. The maximum absolute atomic E-state index is 12.0. The molecule has 0 aliphatic heterocycles. The van der Waals surface area contributed by atoms with E-state index in [2.05, 4.69) is 9.71 Å². The van der Waals surface area contributed by atoms with Crippen LogP contribution in [0.2, 0.25) is 0 Å². The van der Waals surface area contributed by atoms with Crippen molar-refractivity contribution in [3.05, 3.63) is 36.4 Å². The molecule has 0 bridgehead atoms. The molecule has 100 valence electrons. The van der Waals surface area contributed by atoms with Crippen molar-refractivity contribution < 1.29 is 12.8 Å². The normalized spacial score (nSPS) is 15.6. The Labute approximate surface area is 111 Å². The highest BCUT2D eigenvalue weighted by atomic mass is 32.2. The molecule has 1 aliphatic carbocycles. The van der Waals surface area contributed by atoms with Gasteiger partial charge in [-0.1, -0.05) is 0 Å². The molecule has 0 radical (unpaired) electrons. The minimum atomic E-state index is -3.39. The summed E-state index contributed by atoms with van der Waals surface area (Å²) >= 11 is 0. The van der Waals surface area contributed by atoms with Gasteiger partial charge in [0.25, 0.3) is 0 Å². The summed E-state index contributed by atoms with van der Waals surface area (Å²) in [7, 11) is -3.39. The van der Waals surface area contributed by atoms with Crippen molar-refractivity contribution in [2.24, 2.45) is 0 Å². The van der Waals surface area contributed by atoms with Crippen LogP contribution in [-0.4, -0.2) is 19.4 Å². The van der Waals surface area contributed by atoms with Crippen LogP contribution in [0, 0.1) is 6.92 Å². The van der Waals surface area contributed by atoms with Gasteiger partial charge >= 0.3 is 0 Å². The Bertz CT molecular complexity index is 685. The van der Waals surface area contributed by atoms with Crippen molar-refractivity contribution in [3.8, 4) is 11.3 Å². The van der Waals surface area contributed by atoms with E-state index in [1.165, 1.54) is 0 Å². The minimum absolute atomic E-state index is 0.113. The van der Waals surface area contributed by atoms with Crippen LogP contribution >= 0.6 is 0 Å². The molecule has 1 aliphatic rings. The summed E-state index contributed by atoms with van der Waals surface area (Å²) in [5, 5.41) is 0. The highest BCUT2D eigenvalue weighted by Gasteiger charge is 2.27. The molecule has 1 aromatic heterocycles. The lowest BCUT2D eigenvalue weighted by molar-refractivity contribution is 0.534. The average molecular weight is 278 g/mol. The van der Waals surface area contributed by atoms with Crippen LogP contribution in [0.25, 0.3) is 11.3 Å². The number of aromatic nitrogens is 1. The van der Waals surface area contributed by atoms with Crippen LogP contribution in [0.5, 0.6) is 0 Å². The second-order valence-electron chi connectivity index (χ2n) is 4.66. The largest absolute Gasteiger partial charge is 0.441 e. The third-order valence-electron chi connectivity index (χ3n) is 2.97. The summed E-state index contributed by atoms with van der Waals surface area (Å²) in [6, 6.07) is 6.72. The number of sulfonamides is 1. The molecule has 5 nitrogen and oxygen atoms in total. The molecule has 0 saturated heterocycles. The lowest BCUT2D eigenvalue weighted by atomic mass is 10.2. The number of rotatable bonds is 4. The Morgan fingerprint density at radius 3 is 2.47 bits per heavy atom. The Balaban J connectivity index is 1.86. The van der Waals surface area contributed by atoms with Gasteiger partial charge in [-0.25, -0.2) is 18.1 Å². The highest BCUT2D eigenvalue weighted by Crippen LogP contribution is 2.24. The van der Waals surface area contributed by atoms with Crippen LogP contribution in [0.1, 0.15) is 18.7 Å². The molecule has 6 heteroatoms. The van der Waals surface area contributed by atoms with Gasteiger partial charge in [-0.2, -0.15) is 0 Å². The van der Waals surface area contributed by atoms with E-state index in [9.17, 15) is 8.42 Å². The van der Waals surface area contributed by atoms with Crippen molar-refractivity contribution in [2.75, 3.05) is 0 Å². The molecule has 1 N–H and O–H groups in total. The topological polar surface area (TPSA) is 72.2 Å². The maximum Gasteiger partial charge on any atom is 0.240 e. The Kier molecular flexibility index (Phi) is 2.91. The van der Waals surface area contributed by atoms with Gasteiger partial charge in [0.1, 0.15) is 0 Å². The summed E-state index contributed by atoms with van der Waals surface area (Å²) in [6.45, 7) is 1.77. The zero-order valence-electron chi connectivity index (χ0n) is 10.5. The van der Waals surface area contributed by atoms with Crippen molar-refractivity contribution >= 4 is 10.0 Å². The summed E-state index contributed by atoms with van der Waals surface area (Å²) in [4.78, 5) is 4.29. The SMILES string of the molecule is Cc1ncc(-c2ccc(S(=O)(=O)NC3CC3)cc2)o1. The van der Waals surface area contributed by atoms with Gasteiger partial charge in [-0.3, -0.25) is 0 Å². The van der Waals surface area contributed by atoms with E-state index in [0.717, 1.165) is 18.4 Å². The quantitative estimate of drug-likeness (QED) is 0.929. The van der Waals surface area contributed by atoms with Crippen molar-refractivity contribution in [1.82, 2.24) is 9.71 Å². The fourth-order valence-electron chi connectivity index (χ4n) is 1.78. The molecule has 2 aromatic rings. The van der Waals surface area contributed by atoms with E-state index in [1.54, 1.807) is 37.4 Å². The molecular weight excluding hydrogens is 264 g/mol. The molecule has 1 heterocycles. The number of aryl methyl sites for hydroxylation is 1. The summed E-state index contributed by atoms with van der Waals surface area (Å²) < 4.78 is 32.0. The van der Waals surface area contributed by atoms with Gasteiger partial charge in [0.15, 0.2) is 11.7 Å². The van der Waals surface area contributed by atoms with Crippen LogP contribution in [0.3, 0.4) is 0 Å². The third kappa shape index (κ3) is 2.69. The first kappa shape index (κ1) is 12.4. The molecule has 3 rings (SSSR count). The second-order valence-corrected chi connectivity index (χ2v) is 6.38. The lowest BCUT2D eigenvalue weighted by Gasteiger charge is -2.05. The summed E-state index contributed by atoms with van der Waals surface area (Å²) in [6.07, 6.45) is 3.48. The van der Waals surface area contributed by atoms with Gasteiger partial charge in [0.05, 0.1) is 11.1 Å². The predicted molar refractivity (Wildman–Crippen MR) is 70.0 cm³/mol. The Morgan fingerprint density at radius 2 is 1.95 bits per heavy atom. The first-order chi connectivity index (χ1) is 9.04. The van der Waals surface area contributed by atoms with Crippen LogP contribution < -0.4 is 4.72 Å². The standard InChI is InChI=1S/C13H14N2O3S/c1-9-14-8-13(18-9)10-2-6-12(7-3-10)19(16,17)15-11-4-5-11/h2-3,6-8,11,15H,4-5H2,1H3. The number of nitrogens with one attached hydrogen (secondary N) is 1. The predicted octanol–water partition coefficient (Wildman–Crippen LogP) is 2.09. The van der Waals surface area contributed by atoms with Gasteiger partial charge in [0.2, 0.25) is 10.0 Å². The molecule has 1 fully saturated rings. The number of nitrogens with zero attached hydrogens (tertiary/aromatic N) is 1. The Morgan fingerprint density at radius 1 is 1.26 bits per heavy atom. The van der Waals surface area contributed by atoms with Gasteiger partial charge in [0, 0.05) is 18.5 Å². The highest BCUT2D eigenvalue weighted by molar-refractivity contribution is 7.89. The minimum Gasteiger partial charge on any atom is -0.441 e. The van der Waals surface area contributed by atoms with E-state index < -0.39 is 10.0 Å². The fourth-order valence-corrected chi connectivity index (χ4v) is 3.09. The number of hydrogen-bond acceptors (Lipinski definition) is 4. The smallest absolute Gasteiger partial charge is 0.240 e. The first-order valence-corrected chi connectivity index (χ1v) is 7.58. The van der Waals surface area contributed by atoms with Gasteiger partial charge in [-0.15, -0.1) is 0 Å². The fraction of sp³-hybridized carbons (Fsp3) is 0.308. The average Bonchev–Trinajstić information content (AvgIpc) is 3.07. The van der Waals surface area contributed by atoms with E-state index >= 15 is 0 Å². The van der Waals surface area contributed by atoms with Crippen LogP contribution in [-0.2, 0) is 10.0 Å². The van der Waals surface area contributed by atoms with Gasteiger partial charge in [-0.05, 0) is 37.1 Å². The molecule has 0 atom stereocenters. The molecule has 0 amide bonds. The molecule has 1 aromatic carbocycles. The summed E-state index contributed by atoms with van der Waals surface area (Å²) in [5.41, 5.74) is 0.811.